The predicted molar refractivity (Wildman–Crippen MR) is 95.6 cm³/mol. The molecule has 0 N–H and O–H groups in total. The molecular formula is C22H12O2. The van der Waals surface area contributed by atoms with Gasteiger partial charge in [0.15, 0.2) is 0 Å². The number of fused-ring (bicyclic) bond motifs is 5. The third-order valence-corrected chi connectivity index (χ3v) is 4.75. The standard InChI is InChI=1S/C22H12O2/c23-21-18-8-4-3-7-17(18)19-11-15-9-13-5-1-2-6-14(13)10-16(15)12-20(19)22(21)24/h1-12H. The van der Waals surface area contributed by atoms with E-state index in [1.807, 2.05) is 36.4 Å². The molecule has 0 saturated heterocycles. The number of ketones is 2. The molecule has 4 aromatic rings. The van der Waals surface area contributed by atoms with Gasteiger partial charge in [-0.15, -0.1) is 0 Å². The van der Waals surface area contributed by atoms with Crippen molar-refractivity contribution in [2.45, 2.75) is 0 Å². The van der Waals surface area contributed by atoms with Crippen molar-refractivity contribution in [3.05, 3.63) is 83.9 Å². The summed E-state index contributed by atoms with van der Waals surface area (Å²) in [7, 11) is 0. The van der Waals surface area contributed by atoms with Gasteiger partial charge >= 0.3 is 0 Å². The van der Waals surface area contributed by atoms with E-state index in [1.54, 1.807) is 12.1 Å². The first-order valence-electron chi connectivity index (χ1n) is 7.87. The van der Waals surface area contributed by atoms with E-state index in [9.17, 15) is 9.59 Å². The molecule has 0 saturated carbocycles. The first-order valence-corrected chi connectivity index (χ1v) is 7.87. The van der Waals surface area contributed by atoms with Crippen LogP contribution in [-0.2, 0) is 0 Å². The van der Waals surface area contributed by atoms with Crippen molar-refractivity contribution >= 4 is 33.1 Å². The molecule has 24 heavy (non-hydrogen) atoms. The summed E-state index contributed by atoms with van der Waals surface area (Å²) in [5.41, 5.74) is 2.68. The van der Waals surface area contributed by atoms with Crippen LogP contribution >= 0.6 is 0 Å². The Bertz CT molecular complexity index is 1190. The molecule has 0 aliphatic heterocycles. The van der Waals surface area contributed by atoms with E-state index in [-0.39, 0.29) is 0 Å². The highest BCUT2D eigenvalue weighted by Crippen LogP contribution is 2.37. The zero-order valence-corrected chi connectivity index (χ0v) is 12.7. The normalized spacial score (nSPS) is 13.2. The average Bonchev–Trinajstić information content (AvgIpc) is 2.63. The Hall–Kier alpha value is -3.26. The number of hydrogen-bond donors (Lipinski definition) is 0. The van der Waals surface area contributed by atoms with Crippen LogP contribution in [0.3, 0.4) is 0 Å². The second kappa shape index (κ2) is 4.62. The van der Waals surface area contributed by atoms with Crippen LogP contribution in [0.5, 0.6) is 0 Å². The molecule has 1 aliphatic rings. The maximum absolute atomic E-state index is 12.5. The molecule has 0 heterocycles. The Balaban J connectivity index is 1.90. The summed E-state index contributed by atoms with van der Waals surface area (Å²) >= 11 is 0. The first kappa shape index (κ1) is 13.2. The Labute approximate surface area is 138 Å². The molecule has 112 valence electrons. The number of hydrogen-bond acceptors (Lipinski definition) is 2. The fourth-order valence-corrected chi connectivity index (χ4v) is 3.56. The van der Waals surface area contributed by atoms with Gasteiger partial charge in [0.2, 0.25) is 11.6 Å². The van der Waals surface area contributed by atoms with Gasteiger partial charge in [-0.2, -0.15) is 0 Å². The fraction of sp³-hybridized carbons (Fsp3) is 0. The number of benzene rings is 4. The van der Waals surface area contributed by atoms with Crippen LogP contribution in [0, 0.1) is 0 Å². The smallest absolute Gasteiger partial charge is 0.234 e. The third kappa shape index (κ3) is 1.71. The van der Waals surface area contributed by atoms with Gasteiger partial charge in [-0.25, -0.2) is 0 Å². The lowest BCUT2D eigenvalue weighted by molar-refractivity contribution is 0.0815. The van der Waals surface area contributed by atoms with Gasteiger partial charge in [-0.3, -0.25) is 9.59 Å². The summed E-state index contributed by atoms with van der Waals surface area (Å²) in [6.07, 6.45) is 0. The van der Waals surface area contributed by atoms with Crippen LogP contribution in [0.1, 0.15) is 20.7 Å². The fourth-order valence-electron chi connectivity index (χ4n) is 3.56. The average molecular weight is 308 g/mol. The SMILES string of the molecule is O=C1C(=O)c2cc3cc4ccccc4cc3cc2-c2ccccc21. The van der Waals surface area contributed by atoms with Gasteiger partial charge in [0, 0.05) is 11.1 Å². The zero-order valence-electron chi connectivity index (χ0n) is 12.7. The largest absolute Gasteiger partial charge is 0.285 e. The molecule has 5 rings (SSSR count). The van der Waals surface area contributed by atoms with Gasteiger partial charge in [0.25, 0.3) is 0 Å². The minimum absolute atomic E-state index is 0.418. The lowest BCUT2D eigenvalue weighted by atomic mass is 9.82. The van der Waals surface area contributed by atoms with Gasteiger partial charge in [0.1, 0.15) is 0 Å². The quantitative estimate of drug-likeness (QED) is 0.337. The molecule has 0 unspecified atom stereocenters. The zero-order chi connectivity index (χ0) is 16.3. The van der Waals surface area contributed by atoms with Crippen LogP contribution in [0.15, 0.2) is 72.8 Å². The Morgan fingerprint density at radius 3 is 1.58 bits per heavy atom. The molecule has 0 bridgehead atoms. The highest BCUT2D eigenvalue weighted by Gasteiger charge is 2.30. The minimum Gasteiger partial charge on any atom is -0.285 e. The van der Waals surface area contributed by atoms with Crippen molar-refractivity contribution in [3.63, 3.8) is 0 Å². The molecule has 4 aromatic carbocycles. The van der Waals surface area contributed by atoms with E-state index < -0.39 is 11.6 Å². The molecule has 0 amide bonds. The molecule has 0 radical (unpaired) electrons. The molecule has 0 atom stereocenters. The summed E-state index contributed by atoms with van der Waals surface area (Å²) in [5, 5.41) is 4.34. The Morgan fingerprint density at radius 2 is 0.917 bits per heavy atom. The summed E-state index contributed by atoms with van der Waals surface area (Å²) in [6, 6.07) is 23.6. The summed E-state index contributed by atoms with van der Waals surface area (Å²) < 4.78 is 0. The van der Waals surface area contributed by atoms with Crippen LogP contribution in [0.4, 0.5) is 0 Å². The van der Waals surface area contributed by atoms with E-state index >= 15 is 0 Å². The highest BCUT2D eigenvalue weighted by molar-refractivity contribution is 6.53. The van der Waals surface area contributed by atoms with Gasteiger partial charge < -0.3 is 0 Å². The van der Waals surface area contributed by atoms with E-state index in [0.29, 0.717) is 11.1 Å². The van der Waals surface area contributed by atoms with Crippen LogP contribution < -0.4 is 0 Å². The van der Waals surface area contributed by atoms with Crippen molar-refractivity contribution in [3.8, 4) is 11.1 Å². The summed E-state index contributed by atoms with van der Waals surface area (Å²) in [6.45, 7) is 0. The van der Waals surface area contributed by atoms with E-state index in [4.69, 9.17) is 0 Å². The van der Waals surface area contributed by atoms with Crippen LogP contribution in [0.25, 0.3) is 32.7 Å². The topological polar surface area (TPSA) is 34.1 Å². The highest BCUT2D eigenvalue weighted by atomic mass is 16.2. The van der Waals surface area contributed by atoms with E-state index in [2.05, 4.69) is 24.3 Å². The lowest BCUT2D eigenvalue weighted by Crippen LogP contribution is -2.21. The summed E-state index contributed by atoms with van der Waals surface area (Å²) in [5.74, 6) is -0.836. The first-order chi connectivity index (χ1) is 11.7. The van der Waals surface area contributed by atoms with Crippen molar-refractivity contribution < 1.29 is 9.59 Å². The monoisotopic (exact) mass is 308 g/mol. The molecule has 2 nitrogen and oxygen atoms in total. The number of carbonyl (C=O) groups is 2. The van der Waals surface area contributed by atoms with Crippen molar-refractivity contribution in [1.82, 2.24) is 0 Å². The van der Waals surface area contributed by atoms with Crippen molar-refractivity contribution in [2.75, 3.05) is 0 Å². The Kier molecular flexibility index (Phi) is 2.54. The second-order valence-electron chi connectivity index (χ2n) is 6.15. The lowest BCUT2D eigenvalue weighted by Gasteiger charge is -2.18. The van der Waals surface area contributed by atoms with E-state index in [0.717, 1.165) is 32.7 Å². The molecule has 0 fully saturated rings. The predicted octanol–water partition coefficient (Wildman–Crippen LogP) is 5.04. The summed E-state index contributed by atoms with van der Waals surface area (Å²) in [4.78, 5) is 24.9. The van der Waals surface area contributed by atoms with Crippen molar-refractivity contribution in [1.29, 1.82) is 0 Å². The number of carbonyl (C=O) groups excluding carboxylic acids is 2. The molecular weight excluding hydrogens is 296 g/mol. The van der Waals surface area contributed by atoms with E-state index in [1.165, 1.54) is 0 Å². The Morgan fingerprint density at radius 1 is 0.417 bits per heavy atom. The number of Topliss-reactive ketones (excluding diaryl/α,β-unsaturated/α-hetero) is 2. The molecule has 2 heteroatoms. The molecule has 0 spiro atoms. The van der Waals surface area contributed by atoms with Gasteiger partial charge in [-0.05, 0) is 56.9 Å². The maximum atomic E-state index is 12.5. The number of rotatable bonds is 0. The molecule has 0 aromatic heterocycles. The van der Waals surface area contributed by atoms with Crippen LogP contribution in [0.2, 0.25) is 0 Å². The third-order valence-electron chi connectivity index (χ3n) is 4.75. The minimum atomic E-state index is -0.418. The maximum Gasteiger partial charge on any atom is 0.234 e. The van der Waals surface area contributed by atoms with Gasteiger partial charge in [0.05, 0.1) is 0 Å². The second-order valence-corrected chi connectivity index (χ2v) is 6.15. The molecule has 1 aliphatic carbocycles. The van der Waals surface area contributed by atoms with Crippen molar-refractivity contribution in [2.24, 2.45) is 0 Å². The van der Waals surface area contributed by atoms with Crippen LogP contribution in [-0.4, -0.2) is 11.6 Å². The van der Waals surface area contributed by atoms with Gasteiger partial charge in [-0.1, -0.05) is 48.5 Å².